The van der Waals surface area contributed by atoms with Crippen LogP contribution in [0.1, 0.15) is 16.7 Å². The lowest BCUT2D eigenvalue weighted by molar-refractivity contribution is -0.143. The molecule has 0 aliphatic heterocycles. The molecule has 0 atom stereocenters. The summed E-state index contributed by atoms with van der Waals surface area (Å²) in [5.74, 6) is -1.26. The number of rotatable bonds is 2. The molecule has 2 nitrogen and oxygen atoms in total. The van der Waals surface area contributed by atoms with Crippen molar-refractivity contribution in [1.29, 1.82) is 0 Å². The number of carbonyl (C=O) groups excluding carboxylic acids is 1. The second kappa shape index (κ2) is 4.51. The number of hydrogen-bond acceptors (Lipinski definition) is 1. The Hall–Kier alpha value is -1.73. The largest absolute Gasteiger partial charge is 0.416 e. The van der Waals surface area contributed by atoms with Crippen LogP contribution in [-0.2, 0) is 23.6 Å². The molecule has 0 saturated carbocycles. The molecule has 1 amide bonds. The fraction of sp³-hybridized carbons (Fsp3) is 0.300. The molecule has 1 aromatic carbocycles. The summed E-state index contributed by atoms with van der Waals surface area (Å²) in [6, 6.07) is 0.835. The molecule has 0 fully saturated rings. The van der Waals surface area contributed by atoms with Crippen LogP contribution in [-0.4, -0.2) is 5.91 Å². The number of alkyl halides is 6. The third-order valence-corrected chi connectivity index (χ3v) is 2.01. The van der Waals surface area contributed by atoms with Gasteiger partial charge >= 0.3 is 12.4 Å². The number of benzene rings is 1. The second-order valence-electron chi connectivity index (χ2n) is 3.51. The molecule has 1 N–H and O–H groups in total. The van der Waals surface area contributed by atoms with Crippen LogP contribution < -0.4 is 5.73 Å². The van der Waals surface area contributed by atoms with E-state index in [4.69, 9.17) is 5.73 Å². The van der Waals surface area contributed by atoms with E-state index in [0.717, 1.165) is 0 Å². The van der Waals surface area contributed by atoms with Crippen molar-refractivity contribution < 1.29 is 31.1 Å². The lowest BCUT2D eigenvalue weighted by Gasteiger charge is -2.13. The van der Waals surface area contributed by atoms with Crippen molar-refractivity contribution in [1.82, 2.24) is 5.73 Å². The zero-order chi connectivity index (χ0) is 14.1. The van der Waals surface area contributed by atoms with Gasteiger partial charge in [-0.2, -0.15) is 26.3 Å². The van der Waals surface area contributed by atoms with Crippen molar-refractivity contribution in [2.24, 2.45) is 0 Å². The number of carbonyl (C=O) groups is 1. The summed E-state index contributed by atoms with van der Waals surface area (Å²) in [7, 11) is 0. The van der Waals surface area contributed by atoms with Crippen molar-refractivity contribution in [2.45, 2.75) is 18.8 Å². The highest BCUT2D eigenvalue weighted by Crippen LogP contribution is 2.36. The van der Waals surface area contributed by atoms with Crippen LogP contribution in [0.5, 0.6) is 0 Å². The fourth-order valence-corrected chi connectivity index (χ4v) is 1.31. The minimum Gasteiger partial charge on any atom is -0.273 e. The SMILES string of the molecule is [NH]C(=O)Cc1cc(C(F)(F)F)cc(C(F)(F)F)c1. The Labute approximate surface area is 97.4 Å². The number of amides is 1. The second-order valence-corrected chi connectivity index (χ2v) is 3.51. The van der Waals surface area contributed by atoms with Gasteiger partial charge in [0.25, 0.3) is 0 Å². The summed E-state index contributed by atoms with van der Waals surface area (Å²) >= 11 is 0. The third-order valence-electron chi connectivity index (χ3n) is 2.01. The Bertz CT molecular complexity index is 430. The minimum absolute atomic E-state index is 0.0298. The van der Waals surface area contributed by atoms with Crippen LogP contribution >= 0.6 is 0 Å². The Morgan fingerprint density at radius 1 is 0.944 bits per heavy atom. The topological polar surface area (TPSA) is 40.9 Å². The summed E-state index contributed by atoms with van der Waals surface area (Å²) < 4.78 is 74.2. The van der Waals surface area contributed by atoms with Crippen LogP contribution in [0.15, 0.2) is 18.2 Å². The van der Waals surface area contributed by atoms with Gasteiger partial charge in [0.2, 0.25) is 5.91 Å². The molecule has 0 spiro atoms. The van der Waals surface area contributed by atoms with Gasteiger partial charge in [0.1, 0.15) is 0 Å². The number of halogens is 6. The quantitative estimate of drug-likeness (QED) is 0.761. The van der Waals surface area contributed by atoms with Crippen LogP contribution in [0.2, 0.25) is 0 Å². The Morgan fingerprint density at radius 2 is 1.33 bits per heavy atom. The maximum absolute atomic E-state index is 12.4. The van der Waals surface area contributed by atoms with Crippen LogP contribution in [0.3, 0.4) is 0 Å². The zero-order valence-electron chi connectivity index (χ0n) is 8.62. The highest BCUT2D eigenvalue weighted by Gasteiger charge is 2.36. The lowest BCUT2D eigenvalue weighted by Crippen LogP contribution is -2.13. The molecule has 99 valence electrons. The molecule has 0 heterocycles. The van der Waals surface area contributed by atoms with Crippen molar-refractivity contribution in [3.8, 4) is 0 Å². The molecule has 8 heteroatoms. The molecule has 18 heavy (non-hydrogen) atoms. The fourth-order valence-electron chi connectivity index (χ4n) is 1.31. The Balaban J connectivity index is 3.34. The molecule has 1 rings (SSSR count). The van der Waals surface area contributed by atoms with Gasteiger partial charge in [0, 0.05) is 0 Å². The van der Waals surface area contributed by atoms with Gasteiger partial charge < -0.3 is 0 Å². The average molecular weight is 270 g/mol. The average Bonchev–Trinajstić information content (AvgIpc) is 2.13. The molecule has 1 aromatic rings. The van der Waals surface area contributed by atoms with Crippen LogP contribution in [0.4, 0.5) is 26.3 Å². The van der Waals surface area contributed by atoms with Crippen LogP contribution in [0.25, 0.3) is 0 Å². The summed E-state index contributed by atoms with van der Waals surface area (Å²) in [4.78, 5) is 10.4. The van der Waals surface area contributed by atoms with E-state index >= 15 is 0 Å². The highest BCUT2D eigenvalue weighted by molar-refractivity contribution is 5.76. The van der Waals surface area contributed by atoms with Gasteiger partial charge in [-0.15, -0.1) is 0 Å². The molecule has 0 unspecified atom stereocenters. The first-order valence-corrected chi connectivity index (χ1v) is 4.53. The first kappa shape index (κ1) is 14.3. The molecular formula is C10H6F6NO. The van der Waals surface area contributed by atoms with E-state index in [0.29, 0.717) is 12.1 Å². The summed E-state index contributed by atoms with van der Waals surface area (Å²) in [6.45, 7) is 0. The van der Waals surface area contributed by atoms with E-state index in [2.05, 4.69) is 0 Å². The lowest BCUT2D eigenvalue weighted by atomic mass is 10.0. The van der Waals surface area contributed by atoms with Crippen molar-refractivity contribution in [3.63, 3.8) is 0 Å². The predicted octanol–water partition coefficient (Wildman–Crippen LogP) is 3.08. The van der Waals surface area contributed by atoms with E-state index < -0.39 is 41.4 Å². The smallest absolute Gasteiger partial charge is 0.273 e. The number of hydrogen-bond donors (Lipinski definition) is 0. The molecule has 0 aromatic heterocycles. The monoisotopic (exact) mass is 270 g/mol. The molecule has 1 radical (unpaired) electrons. The van der Waals surface area contributed by atoms with E-state index in [1.807, 2.05) is 0 Å². The Kier molecular flexibility index (Phi) is 3.59. The molecule has 0 saturated heterocycles. The maximum Gasteiger partial charge on any atom is 0.416 e. The minimum atomic E-state index is -4.94. The normalized spacial score (nSPS) is 12.6. The van der Waals surface area contributed by atoms with Crippen molar-refractivity contribution >= 4 is 5.91 Å². The summed E-state index contributed by atoms with van der Waals surface area (Å²) in [5, 5.41) is 0. The van der Waals surface area contributed by atoms with E-state index in [1.54, 1.807) is 0 Å². The van der Waals surface area contributed by atoms with E-state index in [1.165, 1.54) is 0 Å². The van der Waals surface area contributed by atoms with Gasteiger partial charge in [0.15, 0.2) is 0 Å². The maximum atomic E-state index is 12.4. The van der Waals surface area contributed by atoms with Gasteiger partial charge in [-0.1, -0.05) is 0 Å². The van der Waals surface area contributed by atoms with Gasteiger partial charge in [-0.3, -0.25) is 10.5 Å². The Morgan fingerprint density at radius 3 is 1.61 bits per heavy atom. The first-order chi connectivity index (χ1) is 8.00. The third kappa shape index (κ3) is 3.64. The predicted molar refractivity (Wildman–Crippen MR) is 48.3 cm³/mol. The van der Waals surface area contributed by atoms with Gasteiger partial charge in [-0.05, 0) is 23.8 Å². The van der Waals surface area contributed by atoms with Gasteiger partial charge in [0.05, 0.1) is 17.5 Å². The van der Waals surface area contributed by atoms with Crippen molar-refractivity contribution in [3.05, 3.63) is 34.9 Å². The van der Waals surface area contributed by atoms with Gasteiger partial charge in [-0.25, -0.2) is 0 Å². The summed E-state index contributed by atoms with van der Waals surface area (Å²) in [5.41, 5.74) is 3.09. The molecule has 0 bridgehead atoms. The first-order valence-electron chi connectivity index (χ1n) is 4.53. The van der Waals surface area contributed by atoms with Crippen molar-refractivity contribution in [2.75, 3.05) is 0 Å². The standard InChI is InChI=1S/C10H6F6NO/c11-9(12,13)6-1-5(3-8(17)18)2-7(4-6)10(14,15)16/h1-2,4,17H,3H2. The van der Waals surface area contributed by atoms with Crippen LogP contribution in [0, 0.1) is 0 Å². The molecule has 0 aliphatic carbocycles. The zero-order valence-corrected chi connectivity index (χ0v) is 8.62. The van der Waals surface area contributed by atoms with E-state index in [9.17, 15) is 31.1 Å². The highest BCUT2D eigenvalue weighted by atomic mass is 19.4. The van der Waals surface area contributed by atoms with E-state index in [-0.39, 0.29) is 6.07 Å². The molecule has 0 aliphatic rings. The summed E-state index contributed by atoms with van der Waals surface area (Å²) in [6.07, 6.45) is -10.7. The molecular weight excluding hydrogens is 264 g/mol. The number of nitrogens with one attached hydrogen (secondary N) is 1.